The summed E-state index contributed by atoms with van der Waals surface area (Å²) in [6, 6.07) is 18.1. The molecule has 2 amide bonds. The molecule has 206 valence electrons. The van der Waals surface area contributed by atoms with Crippen molar-refractivity contribution in [3.8, 4) is 23.0 Å². The largest absolute Gasteiger partial charge is 0.497 e. The summed E-state index contributed by atoms with van der Waals surface area (Å²) in [7, 11) is 6.29. The third-order valence-corrected chi connectivity index (χ3v) is 7.88. The summed E-state index contributed by atoms with van der Waals surface area (Å²) in [5, 5.41) is 1.04. The lowest BCUT2D eigenvalue weighted by Gasteiger charge is -2.47. The third-order valence-electron chi connectivity index (χ3n) is 7.88. The zero-order valence-corrected chi connectivity index (χ0v) is 22.9. The lowest BCUT2D eigenvalue weighted by Crippen LogP contribution is -2.62. The molecule has 9 heteroatoms. The number of H-pyrrole nitrogens is 1. The normalized spacial score (nSPS) is 18.4. The van der Waals surface area contributed by atoms with E-state index in [2.05, 4.69) is 11.1 Å². The number of fused-ring (bicyclic) bond motifs is 4. The van der Waals surface area contributed by atoms with E-state index in [0.29, 0.717) is 30.2 Å². The predicted octanol–water partition coefficient (Wildman–Crippen LogP) is 4.09. The van der Waals surface area contributed by atoms with Crippen LogP contribution in [-0.4, -0.2) is 67.6 Å². The van der Waals surface area contributed by atoms with Gasteiger partial charge in [-0.25, -0.2) is 0 Å². The molecule has 2 atom stereocenters. The number of carbonyl (C=O) groups excluding carboxylic acids is 2. The molecule has 4 aromatic rings. The number of nitrogens with one attached hydrogen (secondary N) is 1. The molecule has 2 aliphatic rings. The quantitative estimate of drug-likeness (QED) is 0.379. The molecule has 2 unspecified atom stereocenters. The second-order valence-corrected chi connectivity index (χ2v) is 9.99. The molecular weight excluding hydrogens is 510 g/mol. The third kappa shape index (κ3) is 4.09. The number of aromatic amines is 1. The van der Waals surface area contributed by atoms with Crippen molar-refractivity contribution in [3.63, 3.8) is 0 Å². The van der Waals surface area contributed by atoms with Crippen LogP contribution in [0.4, 0.5) is 0 Å². The Morgan fingerprint density at radius 3 is 2.23 bits per heavy atom. The molecule has 0 aliphatic carbocycles. The SMILES string of the molecule is COc1ccc(CN2CC(=O)N3C(Cc4c([nH]c5ccccc45)C3c3cc(OC)c(OC)c(OC)c3)C2=O)cc1. The van der Waals surface area contributed by atoms with Gasteiger partial charge in [-0.15, -0.1) is 0 Å². The summed E-state index contributed by atoms with van der Waals surface area (Å²) in [4.78, 5) is 34.9. The van der Waals surface area contributed by atoms with Crippen LogP contribution >= 0.6 is 0 Å². The summed E-state index contributed by atoms with van der Waals surface area (Å²) in [5.41, 5.74) is 4.57. The molecule has 6 rings (SSSR count). The number of rotatable bonds is 7. The topological polar surface area (TPSA) is 93.3 Å². The Morgan fingerprint density at radius 2 is 1.57 bits per heavy atom. The molecule has 1 saturated heterocycles. The van der Waals surface area contributed by atoms with Gasteiger partial charge in [-0.1, -0.05) is 30.3 Å². The molecule has 0 spiro atoms. The molecule has 3 heterocycles. The molecule has 3 aromatic carbocycles. The number of piperazine rings is 1. The number of hydrogen-bond acceptors (Lipinski definition) is 6. The number of para-hydroxylation sites is 1. The van der Waals surface area contributed by atoms with E-state index in [4.69, 9.17) is 18.9 Å². The predicted molar refractivity (Wildman–Crippen MR) is 149 cm³/mol. The Bertz CT molecular complexity index is 1570. The van der Waals surface area contributed by atoms with Crippen LogP contribution < -0.4 is 18.9 Å². The highest BCUT2D eigenvalue weighted by Crippen LogP contribution is 2.47. The van der Waals surface area contributed by atoms with Gasteiger partial charge in [0, 0.05) is 29.6 Å². The first-order chi connectivity index (χ1) is 19.5. The van der Waals surface area contributed by atoms with Crippen molar-refractivity contribution in [1.82, 2.24) is 14.8 Å². The van der Waals surface area contributed by atoms with Gasteiger partial charge in [-0.3, -0.25) is 9.59 Å². The number of nitrogens with zero attached hydrogens (tertiary/aromatic N) is 2. The first-order valence-electron chi connectivity index (χ1n) is 13.1. The highest BCUT2D eigenvalue weighted by molar-refractivity contribution is 5.97. The van der Waals surface area contributed by atoms with Crippen LogP contribution in [0.15, 0.2) is 60.7 Å². The standard InChI is InChI=1S/C31H31N3O6/c1-37-20-11-9-18(10-12-20)16-33-17-27(35)34-24(31(33)36)15-22-21-7-5-6-8-23(21)32-28(22)29(34)19-13-25(38-2)30(40-4)26(14-19)39-3/h5-14,24,29,32H,15-17H2,1-4H3. The Balaban J connectivity index is 1.46. The number of carbonyl (C=O) groups is 2. The second-order valence-electron chi connectivity index (χ2n) is 9.99. The summed E-state index contributed by atoms with van der Waals surface area (Å²) >= 11 is 0. The zero-order valence-electron chi connectivity index (χ0n) is 22.9. The van der Waals surface area contributed by atoms with Crippen LogP contribution in [0, 0.1) is 0 Å². The monoisotopic (exact) mass is 541 g/mol. The summed E-state index contributed by atoms with van der Waals surface area (Å²) in [6.45, 7) is 0.326. The van der Waals surface area contributed by atoms with Gasteiger partial charge in [0.05, 0.1) is 34.5 Å². The summed E-state index contributed by atoms with van der Waals surface area (Å²) in [6.07, 6.45) is 0.421. The van der Waals surface area contributed by atoms with Gasteiger partial charge in [-0.2, -0.15) is 0 Å². The molecule has 9 nitrogen and oxygen atoms in total. The van der Waals surface area contributed by atoms with Gasteiger partial charge in [0.25, 0.3) is 0 Å². The van der Waals surface area contributed by atoms with Gasteiger partial charge in [-0.05, 0) is 47.0 Å². The van der Waals surface area contributed by atoms with E-state index in [-0.39, 0.29) is 18.4 Å². The molecule has 0 saturated carbocycles. The fourth-order valence-electron chi connectivity index (χ4n) is 6.01. The zero-order chi connectivity index (χ0) is 28.0. The number of amides is 2. The second kappa shape index (κ2) is 10.1. The van der Waals surface area contributed by atoms with E-state index in [1.165, 1.54) is 0 Å². The van der Waals surface area contributed by atoms with Crippen LogP contribution in [-0.2, 0) is 22.6 Å². The molecule has 2 aliphatic heterocycles. The van der Waals surface area contributed by atoms with Crippen LogP contribution in [0.5, 0.6) is 23.0 Å². The van der Waals surface area contributed by atoms with E-state index in [1.54, 1.807) is 38.2 Å². The van der Waals surface area contributed by atoms with E-state index >= 15 is 0 Å². The minimum Gasteiger partial charge on any atom is -0.497 e. The smallest absolute Gasteiger partial charge is 0.246 e. The Hall–Kier alpha value is -4.66. The van der Waals surface area contributed by atoms with Gasteiger partial charge in [0.15, 0.2) is 11.5 Å². The number of ether oxygens (including phenoxy) is 4. The Kier molecular flexibility index (Phi) is 6.50. The first kappa shape index (κ1) is 25.6. The van der Waals surface area contributed by atoms with E-state index in [1.807, 2.05) is 54.6 Å². The minimum atomic E-state index is -0.657. The van der Waals surface area contributed by atoms with E-state index < -0.39 is 12.1 Å². The lowest BCUT2D eigenvalue weighted by molar-refractivity contribution is -0.159. The maximum absolute atomic E-state index is 14.1. The first-order valence-corrected chi connectivity index (χ1v) is 13.1. The molecule has 1 aromatic heterocycles. The van der Waals surface area contributed by atoms with Gasteiger partial charge < -0.3 is 33.7 Å². The highest BCUT2D eigenvalue weighted by Gasteiger charge is 2.48. The van der Waals surface area contributed by atoms with Crippen molar-refractivity contribution < 1.29 is 28.5 Å². The molecular formula is C31H31N3O6. The number of hydrogen-bond donors (Lipinski definition) is 1. The fourth-order valence-corrected chi connectivity index (χ4v) is 6.01. The maximum Gasteiger partial charge on any atom is 0.246 e. The molecule has 1 fully saturated rings. The van der Waals surface area contributed by atoms with Gasteiger partial charge in [0.2, 0.25) is 17.6 Å². The number of aromatic nitrogens is 1. The Morgan fingerprint density at radius 1 is 0.875 bits per heavy atom. The van der Waals surface area contributed by atoms with Crippen molar-refractivity contribution in [2.75, 3.05) is 35.0 Å². The number of benzene rings is 3. The maximum atomic E-state index is 14.1. The van der Waals surface area contributed by atoms with Gasteiger partial charge in [0.1, 0.15) is 18.3 Å². The molecule has 0 bridgehead atoms. The van der Waals surface area contributed by atoms with Crippen LogP contribution in [0.3, 0.4) is 0 Å². The lowest BCUT2D eigenvalue weighted by atomic mass is 9.86. The Labute approximate surface area is 232 Å². The van der Waals surface area contributed by atoms with Crippen molar-refractivity contribution in [1.29, 1.82) is 0 Å². The minimum absolute atomic E-state index is 0.0160. The van der Waals surface area contributed by atoms with Gasteiger partial charge >= 0.3 is 0 Å². The van der Waals surface area contributed by atoms with Crippen LogP contribution in [0.2, 0.25) is 0 Å². The summed E-state index contributed by atoms with van der Waals surface area (Å²) in [5.74, 6) is 1.96. The van der Waals surface area contributed by atoms with Crippen molar-refractivity contribution in [2.45, 2.75) is 25.0 Å². The molecule has 0 radical (unpaired) electrons. The van der Waals surface area contributed by atoms with Crippen LogP contribution in [0.1, 0.15) is 28.4 Å². The van der Waals surface area contributed by atoms with Crippen LogP contribution in [0.25, 0.3) is 10.9 Å². The molecule has 40 heavy (non-hydrogen) atoms. The van der Waals surface area contributed by atoms with E-state index in [9.17, 15) is 9.59 Å². The molecule has 1 N–H and O–H groups in total. The van der Waals surface area contributed by atoms with E-state index in [0.717, 1.165) is 39.0 Å². The summed E-state index contributed by atoms with van der Waals surface area (Å²) < 4.78 is 22.1. The van der Waals surface area contributed by atoms with Crippen molar-refractivity contribution in [3.05, 3.63) is 83.0 Å². The average Bonchev–Trinajstić information content (AvgIpc) is 3.36. The fraction of sp³-hybridized carbons (Fsp3) is 0.290. The average molecular weight is 542 g/mol. The van der Waals surface area contributed by atoms with Crippen molar-refractivity contribution >= 4 is 22.7 Å². The van der Waals surface area contributed by atoms with Crippen molar-refractivity contribution in [2.24, 2.45) is 0 Å². The number of methoxy groups -OCH3 is 4. The highest BCUT2D eigenvalue weighted by atomic mass is 16.5.